The van der Waals surface area contributed by atoms with E-state index in [1.165, 1.54) is 24.1 Å². The number of anilines is 1. The first-order valence-electron chi connectivity index (χ1n) is 14.8. The van der Waals surface area contributed by atoms with Crippen molar-refractivity contribution in [2.75, 3.05) is 18.4 Å². The number of esters is 1. The van der Waals surface area contributed by atoms with E-state index in [9.17, 15) is 33.9 Å². The summed E-state index contributed by atoms with van der Waals surface area (Å²) in [5.41, 5.74) is -3.85. The summed E-state index contributed by atoms with van der Waals surface area (Å²) in [6.45, 7) is 14.2. The van der Waals surface area contributed by atoms with E-state index in [0.29, 0.717) is 0 Å². The number of nitrogens with one attached hydrogen (secondary N) is 2. The Hall–Kier alpha value is -4.17. The number of fused-ring (bicyclic) bond motifs is 1. The highest BCUT2D eigenvalue weighted by Gasteiger charge is 2.66. The maximum atomic E-state index is 13.7. The average molecular weight is 713 g/mol. The zero-order chi connectivity index (χ0) is 36.1. The Morgan fingerprint density at radius 1 is 1.08 bits per heavy atom. The fraction of sp³-hybridized carbons (Fsp3) is 0.643. The first-order chi connectivity index (χ1) is 22.0. The van der Waals surface area contributed by atoms with Crippen molar-refractivity contribution in [2.24, 2.45) is 11.0 Å². The molecule has 0 spiro atoms. The van der Waals surface area contributed by atoms with E-state index in [0.717, 1.165) is 33.0 Å². The molecule has 0 saturated carbocycles. The lowest BCUT2D eigenvalue weighted by Crippen LogP contribution is -2.68. The van der Waals surface area contributed by atoms with Crippen LogP contribution in [0.5, 0.6) is 0 Å². The summed E-state index contributed by atoms with van der Waals surface area (Å²) in [6.07, 6.45) is -0.794. The number of nitrogens with two attached hydrogens (primary N) is 1. The molecule has 0 aliphatic carbocycles. The van der Waals surface area contributed by atoms with Gasteiger partial charge in [-0.3, -0.25) is 24.8 Å². The molecule has 5 N–H and O–H groups in total. The van der Waals surface area contributed by atoms with E-state index in [2.05, 4.69) is 20.8 Å². The molecule has 5 amide bonds. The number of urea groups is 1. The third-order valence-corrected chi connectivity index (χ3v) is 9.54. The monoisotopic (exact) mass is 712 g/mol. The van der Waals surface area contributed by atoms with Crippen LogP contribution in [0.1, 0.15) is 68.0 Å². The topological polar surface area (TPSA) is 235 Å². The number of carbonyl (C=O) groups excluding carboxylic acids is 5. The van der Waals surface area contributed by atoms with E-state index in [1.54, 1.807) is 48.5 Å². The number of rotatable bonds is 9. The van der Waals surface area contributed by atoms with E-state index in [-0.39, 0.29) is 23.9 Å². The minimum absolute atomic E-state index is 0.0193. The summed E-state index contributed by atoms with van der Waals surface area (Å²) in [5, 5.41) is 20.7. The number of amides is 5. The van der Waals surface area contributed by atoms with E-state index < -0.39 is 80.7 Å². The summed E-state index contributed by atoms with van der Waals surface area (Å²) >= 11 is 1.77. The number of nitrogens with zero attached hydrogens (tertiary/aromatic N) is 5. The molecule has 1 aromatic heterocycles. The summed E-state index contributed by atoms with van der Waals surface area (Å²) in [5.74, 6) is 2.15. The van der Waals surface area contributed by atoms with Crippen LogP contribution in [-0.2, 0) is 33.5 Å². The van der Waals surface area contributed by atoms with Crippen LogP contribution in [0, 0.1) is 0 Å². The second kappa shape index (κ2) is 12.7. The molecule has 0 radical (unpaired) electrons. The van der Waals surface area contributed by atoms with Gasteiger partial charge in [0, 0.05) is 11.9 Å². The number of thioether (sulfide) groups is 1. The number of hydrogen-bond acceptors (Lipinski definition) is 14. The predicted molar refractivity (Wildman–Crippen MR) is 172 cm³/mol. The van der Waals surface area contributed by atoms with Gasteiger partial charge >= 0.3 is 24.1 Å². The Morgan fingerprint density at radius 2 is 1.71 bits per heavy atom. The first-order valence-corrected chi connectivity index (χ1v) is 16.6. The third-order valence-electron chi connectivity index (χ3n) is 7.10. The molecule has 4 rings (SSSR count). The number of ether oxygens (including phenoxy) is 2. The third kappa shape index (κ3) is 7.44. The van der Waals surface area contributed by atoms with E-state index >= 15 is 0 Å². The average Bonchev–Trinajstić information content (AvgIpc) is 3.62. The second-order valence-electron chi connectivity index (χ2n) is 13.9. The SMILES string of the molecule is C[C@H]1CN([C@]2(C(=O)O)CN3C(=O)[C@@H](NC(=O)/C(=N\OC(C)(C)C(=O)OC(C)(C)C)c4csc(NC(=O)OC(C)(C)C)n4)[C@H]3S2)C(=O)N1N. The van der Waals surface area contributed by atoms with Crippen LogP contribution in [-0.4, -0.2) is 119 Å². The molecule has 4 atom stereocenters. The van der Waals surface area contributed by atoms with Crippen molar-refractivity contribution in [3.8, 4) is 0 Å². The van der Waals surface area contributed by atoms with Gasteiger partial charge in [0.25, 0.3) is 5.91 Å². The maximum absolute atomic E-state index is 13.7. The number of aliphatic carboxylic acids is 1. The molecule has 3 aliphatic heterocycles. The van der Waals surface area contributed by atoms with Gasteiger partial charge in [0.2, 0.25) is 16.4 Å². The van der Waals surface area contributed by atoms with Crippen LogP contribution in [0.15, 0.2) is 10.5 Å². The van der Waals surface area contributed by atoms with Crippen molar-refractivity contribution < 1.29 is 48.2 Å². The van der Waals surface area contributed by atoms with Crippen molar-refractivity contribution in [2.45, 2.75) is 101 Å². The second-order valence-corrected chi connectivity index (χ2v) is 16.1. The molecule has 3 saturated heterocycles. The quantitative estimate of drug-likeness (QED) is 0.0711. The number of carboxylic acid groups (broad SMARTS) is 1. The van der Waals surface area contributed by atoms with Crippen molar-refractivity contribution in [1.29, 1.82) is 0 Å². The number of hydrazine groups is 1. The molecule has 0 unspecified atom stereocenters. The Balaban J connectivity index is 1.59. The number of carbonyl (C=O) groups is 6. The van der Waals surface area contributed by atoms with Gasteiger partial charge in [-0.2, -0.15) is 0 Å². The van der Waals surface area contributed by atoms with Gasteiger partial charge in [-0.1, -0.05) is 16.9 Å². The van der Waals surface area contributed by atoms with Crippen LogP contribution in [0.2, 0.25) is 0 Å². The predicted octanol–water partition coefficient (Wildman–Crippen LogP) is 1.51. The zero-order valence-electron chi connectivity index (χ0n) is 28.0. The molecule has 3 fully saturated rings. The minimum Gasteiger partial charge on any atom is -0.479 e. The van der Waals surface area contributed by atoms with Crippen LogP contribution in [0.3, 0.4) is 0 Å². The highest BCUT2D eigenvalue weighted by Crippen LogP contribution is 2.50. The van der Waals surface area contributed by atoms with Crippen LogP contribution >= 0.6 is 23.1 Å². The van der Waals surface area contributed by atoms with Gasteiger partial charge < -0.3 is 29.6 Å². The van der Waals surface area contributed by atoms with E-state index in [4.69, 9.17) is 20.2 Å². The van der Waals surface area contributed by atoms with Crippen LogP contribution < -0.4 is 16.5 Å². The van der Waals surface area contributed by atoms with Crippen molar-refractivity contribution >= 4 is 69.8 Å². The molecule has 0 bridgehead atoms. The largest absolute Gasteiger partial charge is 0.479 e. The van der Waals surface area contributed by atoms with Gasteiger partial charge in [0.1, 0.15) is 28.3 Å². The summed E-state index contributed by atoms with van der Waals surface area (Å²) in [4.78, 5) is 87.7. The summed E-state index contributed by atoms with van der Waals surface area (Å²) < 4.78 is 10.6. The molecule has 48 heavy (non-hydrogen) atoms. The van der Waals surface area contributed by atoms with Crippen molar-refractivity contribution in [3.05, 3.63) is 11.1 Å². The lowest BCUT2D eigenvalue weighted by molar-refractivity contribution is -0.179. The number of β-lactam (4-membered cyclic amide) rings is 1. The Kier molecular flexibility index (Phi) is 9.70. The fourth-order valence-corrected chi connectivity index (χ4v) is 7.01. The van der Waals surface area contributed by atoms with E-state index in [1.807, 2.05) is 0 Å². The maximum Gasteiger partial charge on any atom is 0.413 e. The smallest absolute Gasteiger partial charge is 0.413 e. The van der Waals surface area contributed by atoms with Gasteiger partial charge in [0.05, 0.1) is 12.6 Å². The first kappa shape index (κ1) is 36.7. The highest BCUT2D eigenvalue weighted by molar-refractivity contribution is 8.02. The Bertz CT molecular complexity index is 1550. The lowest BCUT2D eigenvalue weighted by atomic mass is 10.0. The number of aromatic nitrogens is 1. The Morgan fingerprint density at radius 3 is 2.25 bits per heavy atom. The normalized spacial score (nSPS) is 24.6. The number of thiazole rings is 1. The van der Waals surface area contributed by atoms with Gasteiger partial charge in [0.15, 0.2) is 10.8 Å². The number of hydrogen-bond donors (Lipinski definition) is 4. The molecule has 18 nitrogen and oxygen atoms in total. The molecule has 1 aromatic rings. The van der Waals surface area contributed by atoms with Crippen LogP contribution in [0.25, 0.3) is 0 Å². The van der Waals surface area contributed by atoms with Gasteiger partial charge in [-0.15, -0.1) is 11.3 Å². The standard InChI is InChI=1S/C28H40N8O10S2/c1-13-10-35(24(43)36(13)29)28(20(39)40)12-34-18(38)16(19(34)48-28)31-17(37)15(33-46-27(8,9)21(41)44-25(2,3)4)14-11-47-22(30-14)32-23(42)45-26(5,6)7/h11,13,16,19H,10,12,29H2,1-9H3,(H,31,37)(H,39,40)(H,30,32,42)/b33-15-/t13-,16+,19+,28+/m0/s1. The zero-order valence-corrected chi connectivity index (χ0v) is 29.6. The van der Waals surface area contributed by atoms with Crippen molar-refractivity contribution in [1.82, 2.24) is 25.1 Å². The molecule has 20 heteroatoms. The summed E-state index contributed by atoms with van der Waals surface area (Å²) in [6, 6.07) is -2.38. The molecular formula is C28H40N8O10S2. The molecule has 3 aliphatic rings. The molecule has 4 heterocycles. The van der Waals surface area contributed by atoms with Gasteiger partial charge in [-0.05, 0) is 62.3 Å². The fourth-order valence-electron chi connectivity index (χ4n) is 4.71. The number of carboxylic acids is 1. The number of oxime groups is 1. The highest BCUT2D eigenvalue weighted by atomic mass is 32.2. The Labute approximate surface area is 284 Å². The minimum atomic E-state index is -1.84. The lowest BCUT2D eigenvalue weighted by Gasteiger charge is -2.41. The van der Waals surface area contributed by atoms with Crippen molar-refractivity contribution in [3.63, 3.8) is 0 Å². The molecular weight excluding hydrogens is 672 g/mol. The van der Waals surface area contributed by atoms with Crippen LogP contribution in [0.4, 0.5) is 14.7 Å². The van der Waals surface area contributed by atoms with Gasteiger partial charge in [-0.25, -0.2) is 30.0 Å². The molecule has 264 valence electrons. The summed E-state index contributed by atoms with van der Waals surface area (Å²) in [7, 11) is 0. The molecule has 0 aromatic carbocycles.